The number of hydrogen-bond donors (Lipinski definition) is 0. The Bertz CT molecular complexity index is 588. The SMILES string of the molecule is Cn1cncc1C1(c2ccc(C#N)cc2)CO1. The third kappa shape index (κ3) is 1.44. The third-order valence-electron chi connectivity index (χ3n) is 3.14. The van der Waals surface area contributed by atoms with E-state index < -0.39 is 0 Å². The van der Waals surface area contributed by atoms with E-state index >= 15 is 0 Å². The molecule has 1 unspecified atom stereocenters. The Morgan fingerprint density at radius 2 is 2.12 bits per heavy atom. The van der Waals surface area contributed by atoms with E-state index in [2.05, 4.69) is 11.1 Å². The maximum absolute atomic E-state index is 8.78. The molecule has 17 heavy (non-hydrogen) atoms. The molecule has 1 saturated heterocycles. The molecule has 1 aliphatic heterocycles. The van der Waals surface area contributed by atoms with Gasteiger partial charge in [0.15, 0.2) is 5.60 Å². The van der Waals surface area contributed by atoms with Crippen LogP contribution in [0.25, 0.3) is 0 Å². The van der Waals surface area contributed by atoms with Crippen molar-refractivity contribution < 1.29 is 4.74 Å². The van der Waals surface area contributed by atoms with Crippen LogP contribution >= 0.6 is 0 Å². The smallest absolute Gasteiger partial charge is 0.158 e. The van der Waals surface area contributed by atoms with Crippen LogP contribution in [0.1, 0.15) is 16.8 Å². The average molecular weight is 225 g/mol. The summed E-state index contributed by atoms with van der Waals surface area (Å²) in [5.74, 6) is 0. The van der Waals surface area contributed by atoms with Gasteiger partial charge in [-0.15, -0.1) is 0 Å². The molecule has 0 aliphatic carbocycles. The minimum atomic E-state index is -0.362. The summed E-state index contributed by atoms with van der Waals surface area (Å²) in [5.41, 5.74) is 2.41. The predicted molar refractivity (Wildman–Crippen MR) is 61.1 cm³/mol. The number of ether oxygens (including phenoxy) is 1. The van der Waals surface area contributed by atoms with Crippen LogP contribution in [0.3, 0.4) is 0 Å². The molecule has 84 valence electrons. The monoisotopic (exact) mass is 225 g/mol. The van der Waals surface area contributed by atoms with E-state index in [1.54, 1.807) is 6.33 Å². The molecule has 1 aromatic heterocycles. The van der Waals surface area contributed by atoms with Crippen molar-refractivity contribution in [2.75, 3.05) is 6.61 Å². The highest BCUT2D eigenvalue weighted by atomic mass is 16.6. The van der Waals surface area contributed by atoms with Gasteiger partial charge in [-0.2, -0.15) is 5.26 Å². The fraction of sp³-hybridized carbons (Fsp3) is 0.231. The molecule has 0 bridgehead atoms. The molecule has 0 spiro atoms. The number of hydrogen-bond acceptors (Lipinski definition) is 3. The molecule has 4 nitrogen and oxygen atoms in total. The van der Waals surface area contributed by atoms with Crippen molar-refractivity contribution in [2.45, 2.75) is 5.60 Å². The fourth-order valence-electron chi connectivity index (χ4n) is 2.09. The van der Waals surface area contributed by atoms with E-state index in [1.165, 1.54) is 0 Å². The maximum Gasteiger partial charge on any atom is 0.158 e. The van der Waals surface area contributed by atoms with Gasteiger partial charge in [-0.3, -0.25) is 0 Å². The summed E-state index contributed by atoms with van der Waals surface area (Å²) in [6.45, 7) is 0.665. The van der Waals surface area contributed by atoms with Crippen molar-refractivity contribution in [2.24, 2.45) is 7.05 Å². The molecule has 1 aromatic carbocycles. The molecular formula is C13H11N3O. The summed E-state index contributed by atoms with van der Waals surface area (Å²) < 4.78 is 7.60. The van der Waals surface area contributed by atoms with Gasteiger partial charge in [-0.25, -0.2) is 4.98 Å². The summed E-state index contributed by atoms with van der Waals surface area (Å²) >= 11 is 0. The number of imidazole rings is 1. The van der Waals surface area contributed by atoms with Crippen LogP contribution in [0.4, 0.5) is 0 Å². The van der Waals surface area contributed by atoms with Crippen molar-refractivity contribution in [3.05, 3.63) is 53.6 Å². The lowest BCUT2D eigenvalue weighted by atomic mass is 9.96. The van der Waals surface area contributed by atoms with Gasteiger partial charge in [0, 0.05) is 7.05 Å². The quantitative estimate of drug-likeness (QED) is 0.729. The number of nitrogens with zero attached hydrogens (tertiary/aromatic N) is 3. The van der Waals surface area contributed by atoms with Gasteiger partial charge >= 0.3 is 0 Å². The van der Waals surface area contributed by atoms with Crippen molar-refractivity contribution in [1.29, 1.82) is 5.26 Å². The second-order valence-electron chi connectivity index (χ2n) is 4.19. The van der Waals surface area contributed by atoms with Crippen LogP contribution in [0, 0.1) is 11.3 Å². The average Bonchev–Trinajstić information content (AvgIpc) is 3.06. The summed E-state index contributed by atoms with van der Waals surface area (Å²) in [7, 11) is 1.95. The van der Waals surface area contributed by atoms with Crippen LogP contribution in [-0.4, -0.2) is 16.2 Å². The van der Waals surface area contributed by atoms with E-state index in [-0.39, 0.29) is 5.60 Å². The zero-order chi connectivity index (χ0) is 11.9. The molecule has 0 saturated carbocycles. The summed E-state index contributed by atoms with van der Waals surface area (Å²) in [5, 5.41) is 8.78. The Labute approximate surface area is 99.1 Å². The van der Waals surface area contributed by atoms with Gasteiger partial charge in [0.25, 0.3) is 0 Å². The maximum atomic E-state index is 8.78. The van der Waals surface area contributed by atoms with Crippen LogP contribution in [-0.2, 0) is 17.4 Å². The molecular weight excluding hydrogens is 214 g/mol. The summed E-state index contributed by atoms with van der Waals surface area (Å²) in [4.78, 5) is 4.12. The molecule has 3 rings (SSSR count). The van der Waals surface area contributed by atoms with Crippen molar-refractivity contribution in [3.63, 3.8) is 0 Å². The van der Waals surface area contributed by atoms with Crippen molar-refractivity contribution in [1.82, 2.24) is 9.55 Å². The Balaban J connectivity index is 2.04. The summed E-state index contributed by atoms with van der Waals surface area (Å²) in [6.07, 6.45) is 3.59. The number of nitriles is 1. The second-order valence-corrected chi connectivity index (χ2v) is 4.19. The molecule has 1 aliphatic rings. The minimum Gasteiger partial charge on any atom is -0.358 e. The van der Waals surface area contributed by atoms with Crippen LogP contribution in [0.2, 0.25) is 0 Å². The molecule has 0 N–H and O–H groups in total. The van der Waals surface area contributed by atoms with Crippen LogP contribution in [0.5, 0.6) is 0 Å². The van der Waals surface area contributed by atoms with Gasteiger partial charge in [0.2, 0.25) is 0 Å². The van der Waals surface area contributed by atoms with E-state index in [1.807, 2.05) is 42.1 Å². The lowest BCUT2D eigenvalue weighted by Crippen LogP contribution is -2.14. The summed E-state index contributed by atoms with van der Waals surface area (Å²) in [6, 6.07) is 9.63. The Hall–Kier alpha value is -2.12. The fourth-order valence-corrected chi connectivity index (χ4v) is 2.09. The Morgan fingerprint density at radius 3 is 2.59 bits per heavy atom. The van der Waals surface area contributed by atoms with Crippen LogP contribution in [0.15, 0.2) is 36.8 Å². The molecule has 1 fully saturated rings. The number of epoxide rings is 1. The Morgan fingerprint density at radius 1 is 1.41 bits per heavy atom. The van der Waals surface area contributed by atoms with E-state index in [0.717, 1.165) is 11.3 Å². The van der Waals surface area contributed by atoms with E-state index in [9.17, 15) is 0 Å². The van der Waals surface area contributed by atoms with Gasteiger partial charge < -0.3 is 9.30 Å². The lowest BCUT2D eigenvalue weighted by Gasteiger charge is -2.12. The Kier molecular flexibility index (Phi) is 2.03. The first kappa shape index (κ1) is 10.1. The molecule has 1 atom stereocenters. The number of rotatable bonds is 2. The van der Waals surface area contributed by atoms with Gasteiger partial charge in [0.05, 0.1) is 36.5 Å². The second kappa shape index (κ2) is 3.44. The lowest BCUT2D eigenvalue weighted by molar-refractivity contribution is 0.338. The highest BCUT2D eigenvalue weighted by Gasteiger charge is 2.50. The third-order valence-corrected chi connectivity index (χ3v) is 3.14. The topological polar surface area (TPSA) is 54.1 Å². The normalized spacial score (nSPS) is 22.1. The molecule has 2 heterocycles. The zero-order valence-electron chi connectivity index (χ0n) is 9.42. The number of benzene rings is 1. The highest BCUT2D eigenvalue weighted by molar-refractivity contribution is 5.41. The first-order valence-electron chi connectivity index (χ1n) is 5.38. The van der Waals surface area contributed by atoms with Crippen molar-refractivity contribution >= 4 is 0 Å². The first-order chi connectivity index (χ1) is 8.26. The first-order valence-corrected chi connectivity index (χ1v) is 5.38. The number of aromatic nitrogens is 2. The van der Waals surface area contributed by atoms with Crippen molar-refractivity contribution in [3.8, 4) is 6.07 Å². The van der Waals surface area contributed by atoms with Gasteiger partial charge in [0.1, 0.15) is 0 Å². The standard InChI is InChI=1S/C13H11N3O/c1-16-9-15-7-12(16)13(8-17-13)11-4-2-10(6-14)3-5-11/h2-5,7,9H,8H2,1H3. The zero-order valence-corrected chi connectivity index (χ0v) is 9.42. The van der Waals surface area contributed by atoms with E-state index in [0.29, 0.717) is 12.2 Å². The van der Waals surface area contributed by atoms with E-state index in [4.69, 9.17) is 10.00 Å². The molecule has 4 heteroatoms. The minimum absolute atomic E-state index is 0.362. The molecule has 0 amide bonds. The predicted octanol–water partition coefficient (Wildman–Crippen LogP) is 1.57. The molecule has 0 radical (unpaired) electrons. The molecule has 2 aromatic rings. The largest absolute Gasteiger partial charge is 0.358 e. The number of aryl methyl sites for hydroxylation is 1. The van der Waals surface area contributed by atoms with Crippen LogP contribution < -0.4 is 0 Å². The highest BCUT2D eigenvalue weighted by Crippen LogP contribution is 2.44. The van der Waals surface area contributed by atoms with Gasteiger partial charge in [-0.1, -0.05) is 12.1 Å². The van der Waals surface area contributed by atoms with Gasteiger partial charge in [-0.05, 0) is 17.7 Å².